The second-order valence-electron chi connectivity index (χ2n) is 8.54. The molecule has 0 bridgehead atoms. The number of hydrogen-bond acceptors (Lipinski definition) is 8. The van der Waals surface area contributed by atoms with E-state index in [1.165, 1.54) is 23.5 Å². The van der Waals surface area contributed by atoms with Crippen LogP contribution in [0, 0.1) is 0 Å². The van der Waals surface area contributed by atoms with Crippen molar-refractivity contribution in [3.63, 3.8) is 0 Å². The maximum Gasteiger partial charge on any atom is 0.267 e. The van der Waals surface area contributed by atoms with E-state index in [0.717, 1.165) is 43.1 Å². The summed E-state index contributed by atoms with van der Waals surface area (Å²) < 4.78 is 12.4. The van der Waals surface area contributed by atoms with Crippen molar-refractivity contribution in [2.45, 2.75) is 39.2 Å². The van der Waals surface area contributed by atoms with Crippen LogP contribution in [0.1, 0.15) is 39.2 Å². The van der Waals surface area contributed by atoms with E-state index in [1.54, 1.807) is 13.0 Å². The van der Waals surface area contributed by atoms with Gasteiger partial charge in [-0.2, -0.15) is 5.10 Å². The smallest absolute Gasteiger partial charge is 0.267 e. The first-order valence-electron chi connectivity index (χ1n) is 12.4. The second-order valence-corrected chi connectivity index (χ2v) is 8.54. The van der Waals surface area contributed by atoms with Crippen LogP contribution in [0.5, 0.6) is 11.6 Å². The molecule has 0 saturated carbocycles. The minimum atomic E-state index is -0.787. The molecule has 1 fully saturated rings. The van der Waals surface area contributed by atoms with Crippen LogP contribution in [0.15, 0.2) is 53.6 Å². The van der Waals surface area contributed by atoms with Crippen molar-refractivity contribution in [1.82, 2.24) is 25.1 Å². The summed E-state index contributed by atoms with van der Waals surface area (Å²) in [5.74, 6) is 1.76. The molecule has 0 radical (unpaired) electrons. The number of nitrogens with one attached hydrogen (secondary N) is 1. The number of rotatable bonds is 10. The number of carbonyl (C=O) groups is 1. The van der Waals surface area contributed by atoms with E-state index in [1.807, 2.05) is 37.3 Å². The van der Waals surface area contributed by atoms with Gasteiger partial charge in [0.1, 0.15) is 30.5 Å². The fourth-order valence-corrected chi connectivity index (χ4v) is 4.04. The molecule has 3 aromatic rings. The van der Waals surface area contributed by atoms with Gasteiger partial charge in [-0.05, 0) is 63.4 Å². The number of nitrogens with zero attached hydrogens (tertiary/aromatic N) is 5. The molecule has 1 aliphatic heterocycles. The minimum Gasteiger partial charge on any atom is -0.494 e. The zero-order chi connectivity index (χ0) is 25.3. The molecule has 1 unspecified atom stereocenters. The van der Waals surface area contributed by atoms with E-state index < -0.39 is 6.04 Å². The van der Waals surface area contributed by atoms with E-state index in [0.29, 0.717) is 18.2 Å². The first-order valence-corrected chi connectivity index (χ1v) is 12.4. The zero-order valence-electron chi connectivity index (χ0n) is 20.7. The van der Waals surface area contributed by atoms with Crippen LogP contribution in [-0.4, -0.2) is 58.5 Å². The van der Waals surface area contributed by atoms with Crippen molar-refractivity contribution in [3.8, 4) is 22.9 Å². The van der Waals surface area contributed by atoms with Crippen molar-refractivity contribution in [3.05, 3.63) is 59.1 Å². The molecule has 1 N–H and O–H groups in total. The van der Waals surface area contributed by atoms with Crippen molar-refractivity contribution in [2.24, 2.45) is 0 Å². The summed E-state index contributed by atoms with van der Waals surface area (Å²) in [7, 11) is 0. The number of ether oxygens (including phenoxy) is 2. The third kappa shape index (κ3) is 6.38. The molecule has 1 saturated heterocycles. The average molecular weight is 493 g/mol. The Kier molecular flexibility index (Phi) is 8.48. The van der Waals surface area contributed by atoms with Crippen LogP contribution in [-0.2, 0) is 4.79 Å². The third-order valence-electron chi connectivity index (χ3n) is 5.99. The molecule has 10 nitrogen and oxygen atoms in total. The van der Waals surface area contributed by atoms with E-state index in [4.69, 9.17) is 9.47 Å². The first kappa shape index (κ1) is 25.2. The van der Waals surface area contributed by atoms with Gasteiger partial charge in [-0.1, -0.05) is 0 Å². The molecular weight excluding hydrogens is 460 g/mol. The Hall–Kier alpha value is -3.95. The third-order valence-corrected chi connectivity index (χ3v) is 5.99. The van der Waals surface area contributed by atoms with Gasteiger partial charge in [0.15, 0.2) is 0 Å². The van der Waals surface area contributed by atoms with Crippen LogP contribution in [0.3, 0.4) is 0 Å². The van der Waals surface area contributed by atoms with Crippen molar-refractivity contribution in [2.75, 3.05) is 37.7 Å². The Balaban J connectivity index is 1.32. The first-order chi connectivity index (χ1) is 17.5. The van der Waals surface area contributed by atoms with Gasteiger partial charge < -0.3 is 19.7 Å². The molecule has 36 heavy (non-hydrogen) atoms. The minimum absolute atomic E-state index is 0.240. The molecule has 10 heteroatoms. The van der Waals surface area contributed by atoms with E-state index in [2.05, 4.69) is 25.3 Å². The van der Waals surface area contributed by atoms with Crippen molar-refractivity contribution in [1.29, 1.82) is 0 Å². The van der Waals surface area contributed by atoms with Gasteiger partial charge >= 0.3 is 0 Å². The number of aromatic nitrogens is 4. The summed E-state index contributed by atoms with van der Waals surface area (Å²) >= 11 is 0. The highest BCUT2D eigenvalue weighted by atomic mass is 16.5. The second kappa shape index (κ2) is 12.1. The molecule has 3 heterocycles. The number of carbonyl (C=O) groups excluding carboxylic acids is 1. The normalized spacial score (nSPS) is 14.2. The number of piperidine rings is 1. The lowest BCUT2D eigenvalue weighted by Crippen LogP contribution is -2.38. The highest BCUT2D eigenvalue weighted by molar-refractivity contribution is 5.79. The molecule has 0 spiro atoms. The Morgan fingerprint density at radius 1 is 1.06 bits per heavy atom. The lowest BCUT2D eigenvalue weighted by molar-refractivity contribution is -0.124. The highest BCUT2D eigenvalue weighted by Crippen LogP contribution is 2.21. The average Bonchev–Trinajstić information content (AvgIpc) is 2.92. The summed E-state index contributed by atoms with van der Waals surface area (Å²) in [6.07, 6.45) is 5.06. The lowest BCUT2D eigenvalue weighted by atomic mass is 10.1. The number of benzene rings is 1. The predicted octanol–water partition coefficient (Wildman–Crippen LogP) is 2.85. The maximum atomic E-state index is 12.7. The zero-order valence-corrected chi connectivity index (χ0v) is 20.7. The van der Waals surface area contributed by atoms with Crippen LogP contribution in [0.2, 0.25) is 0 Å². The summed E-state index contributed by atoms with van der Waals surface area (Å²) in [6.45, 7) is 6.62. The van der Waals surface area contributed by atoms with Gasteiger partial charge in [-0.15, -0.1) is 0 Å². The molecule has 2 aromatic heterocycles. The number of hydrogen-bond donors (Lipinski definition) is 1. The fourth-order valence-electron chi connectivity index (χ4n) is 4.04. The topological polar surface area (TPSA) is 111 Å². The van der Waals surface area contributed by atoms with Gasteiger partial charge in [-0.25, -0.2) is 14.6 Å². The Bertz CT molecular complexity index is 1210. The van der Waals surface area contributed by atoms with Crippen molar-refractivity contribution >= 4 is 11.7 Å². The molecule has 0 aliphatic carbocycles. The van der Waals surface area contributed by atoms with Crippen LogP contribution >= 0.6 is 0 Å². The quantitative estimate of drug-likeness (QED) is 0.430. The van der Waals surface area contributed by atoms with Crippen LogP contribution in [0.4, 0.5) is 5.82 Å². The van der Waals surface area contributed by atoms with Gasteiger partial charge in [0.25, 0.3) is 5.56 Å². The summed E-state index contributed by atoms with van der Waals surface area (Å²) in [4.78, 5) is 35.9. The Labute approximate surface area is 210 Å². The molecular formula is C26H32N6O4. The van der Waals surface area contributed by atoms with E-state index in [9.17, 15) is 9.59 Å². The number of amides is 1. The summed E-state index contributed by atoms with van der Waals surface area (Å²) in [5.41, 5.74) is 1.06. The van der Waals surface area contributed by atoms with Gasteiger partial charge in [0, 0.05) is 30.8 Å². The largest absolute Gasteiger partial charge is 0.494 e. The van der Waals surface area contributed by atoms with Gasteiger partial charge in [0.05, 0.1) is 18.8 Å². The standard InChI is InChI=1S/C26H32N6O4/c1-3-35-21-9-7-20(8-10-21)22-11-12-25(33)32(30-22)19(2)26(34)27-13-16-36-24-17-23(28-18-29-24)31-14-5-4-6-15-31/h7-12,17-19H,3-6,13-16H2,1-2H3,(H,27,34). The van der Waals surface area contributed by atoms with Gasteiger partial charge in [-0.3, -0.25) is 9.59 Å². The van der Waals surface area contributed by atoms with Gasteiger partial charge in [0.2, 0.25) is 11.8 Å². The van der Waals surface area contributed by atoms with Crippen LogP contribution in [0.25, 0.3) is 11.3 Å². The highest BCUT2D eigenvalue weighted by Gasteiger charge is 2.18. The maximum absolute atomic E-state index is 12.7. The lowest BCUT2D eigenvalue weighted by Gasteiger charge is -2.27. The van der Waals surface area contributed by atoms with Crippen molar-refractivity contribution < 1.29 is 14.3 Å². The summed E-state index contributed by atoms with van der Waals surface area (Å²) in [5, 5.41) is 7.22. The fraction of sp³-hybridized carbons (Fsp3) is 0.423. The molecule has 1 atom stereocenters. The monoisotopic (exact) mass is 492 g/mol. The molecule has 190 valence electrons. The Morgan fingerprint density at radius 3 is 2.58 bits per heavy atom. The summed E-state index contributed by atoms with van der Waals surface area (Å²) in [6, 6.07) is 11.5. The molecule has 1 aromatic carbocycles. The van der Waals surface area contributed by atoms with E-state index in [-0.39, 0.29) is 24.6 Å². The number of anilines is 1. The molecule has 1 aliphatic rings. The SMILES string of the molecule is CCOc1ccc(-c2ccc(=O)n(C(C)C(=O)NCCOc3cc(N4CCCCC4)ncn3)n2)cc1. The van der Waals surface area contributed by atoms with Crippen LogP contribution < -0.4 is 25.2 Å². The van der Waals surface area contributed by atoms with E-state index >= 15 is 0 Å². The molecule has 1 amide bonds. The Morgan fingerprint density at radius 2 is 1.83 bits per heavy atom. The predicted molar refractivity (Wildman–Crippen MR) is 136 cm³/mol. The molecule has 4 rings (SSSR count).